The third-order valence-corrected chi connectivity index (χ3v) is 3.53. The molecule has 0 saturated carbocycles. The van der Waals surface area contributed by atoms with Crippen LogP contribution in [0.25, 0.3) is 0 Å². The summed E-state index contributed by atoms with van der Waals surface area (Å²) >= 11 is 0. The molecule has 1 rings (SSSR count). The van der Waals surface area contributed by atoms with Gasteiger partial charge in [0.2, 0.25) is 0 Å². The Labute approximate surface area is 124 Å². The summed E-state index contributed by atoms with van der Waals surface area (Å²) < 4.78 is 0. The van der Waals surface area contributed by atoms with Gasteiger partial charge in [0.1, 0.15) is 6.04 Å². The van der Waals surface area contributed by atoms with Crippen molar-refractivity contribution in [3.8, 4) is 0 Å². The van der Waals surface area contributed by atoms with E-state index in [0.29, 0.717) is 13.1 Å². The highest BCUT2D eigenvalue weighted by Gasteiger charge is 2.36. The van der Waals surface area contributed by atoms with Gasteiger partial charge in [-0.2, -0.15) is 0 Å². The summed E-state index contributed by atoms with van der Waals surface area (Å²) in [6.45, 7) is 2.84. The fourth-order valence-corrected chi connectivity index (χ4v) is 2.39. The molecule has 21 heavy (non-hydrogen) atoms. The minimum Gasteiger partial charge on any atom is -0.480 e. The van der Waals surface area contributed by atoms with Crippen LogP contribution in [-0.4, -0.2) is 72.7 Å². The monoisotopic (exact) mass is 300 g/mol. The number of carbonyl (C=O) groups excluding carboxylic acids is 2. The average molecular weight is 300 g/mol. The second-order valence-corrected chi connectivity index (χ2v) is 5.45. The standard InChI is InChI=1S/C13H24N4O4/c1-9-5-4-8-17(10(9)11(18)19)13(21)15-7-6-14-12(20)16(2)3/h9-10H,4-8H2,1-3H3,(H,14,20)(H,15,21)(H,18,19). The van der Waals surface area contributed by atoms with Crippen LogP contribution in [0.1, 0.15) is 19.8 Å². The van der Waals surface area contributed by atoms with Gasteiger partial charge in [-0.3, -0.25) is 0 Å². The zero-order valence-corrected chi connectivity index (χ0v) is 12.8. The number of urea groups is 2. The van der Waals surface area contributed by atoms with Gasteiger partial charge < -0.3 is 25.5 Å². The molecule has 1 saturated heterocycles. The Bertz CT molecular complexity index is 400. The first kappa shape index (κ1) is 17.1. The second-order valence-electron chi connectivity index (χ2n) is 5.45. The molecule has 120 valence electrons. The van der Waals surface area contributed by atoms with Gasteiger partial charge in [-0.25, -0.2) is 14.4 Å². The largest absolute Gasteiger partial charge is 0.480 e. The maximum Gasteiger partial charge on any atom is 0.326 e. The molecule has 8 nitrogen and oxygen atoms in total. The Morgan fingerprint density at radius 3 is 2.43 bits per heavy atom. The van der Waals surface area contributed by atoms with E-state index in [1.54, 1.807) is 14.1 Å². The number of aliphatic carboxylic acids is 1. The quantitative estimate of drug-likeness (QED) is 0.643. The van der Waals surface area contributed by atoms with Gasteiger partial charge in [0.15, 0.2) is 0 Å². The Balaban J connectivity index is 2.43. The second kappa shape index (κ2) is 7.70. The number of carboxylic acid groups (broad SMARTS) is 1. The van der Waals surface area contributed by atoms with Crippen LogP contribution in [0.2, 0.25) is 0 Å². The first-order chi connectivity index (χ1) is 9.84. The first-order valence-corrected chi connectivity index (χ1v) is 7.07. The molecule has 1 aliphatic rings. The molecule has 0 bridgehead atoms. The highest BCUT2D eigenvalue weighted by Crippen LogP contribution is 2.23. The van der Waals surface area contributed by atoms with E-state index in [4.69, 9.17) is 0 Å². The van der Waals surface area contributed by atoms with Crippen LogP contribution >= 0.6 is 0 Å². The Morgan fingerprint density at radius 2 is 1.86 bits per heavy atom. The molecule has 1 heterocycles. The number of carboxylic acids is 1. The number of nitrogens with zero attached hydrogens (tertiary/aromatic N) is 2. The third kappa shape index (κ3) is 4.80. The van der Waals surface area contributed by atoms with Crippen molar-refractivity contribution in [1.29, 1.82) is 0 Å². The van der Waals surface area contributed by atoms with Gasteiger partial charge >= 0.3 is 18.0 Å². The van der Waals surface area contributed by atoms with E-state index in [0.717, 1.165) is 12.8 Å². The van der Waals surface area contributed by atoms with E-state index in [2.05, 4.69) is 10.6 Å². The van der Waals surface area contributed by atoms with E-state index >= 15 is 0 Å². The summed E-state index contributed by atoms with van der Waals surface area (Å²) in [6, 6.07) is -1.41. The predicted molar refractivity (Wildman–Crippen MR) is 77.0 cm³/mol. The molecule has 0 aromatic heterocycles. The molecular weight excluding hydrogens is 276 g/mol. The molecule has 0 aromatic carbocycles. The maximum atomic E-state index is 12.1. The number of carbonyl (C=O) groups is 3. The molecule has 2 atom stereocenters. The highest BCUT2D eigenvalue weighted by molar-refractivity contribution is 5.83. The van der Waals surface area contributed by atoms with Gasteiger partial charge in [0.05, 0.1) is 0 Å². The number of piperidine rings is 1. The van der Waals surface area contributed by atoms with Crippen LogP contribution in [0.5, 0.6) is 0 Å². The number of hydrogen-bond acceptors (Lipinski definition) is 3. The fourth-order valence-electron chi connectivity index (χ4n) is 2.39. The normalized spacial score (nSPS) is 21.6. The van der Waals surface area contributed by atoms with Gasteiger partial charge in [-0.15, -0.1) is 0 Å². The van der Waals surface area contributed by atoms with Gasteiger partial charge in [0.25, 0.3) is 0 Å². The minimum atomic E-state index is -0.974. The summed E-state index contributed by atoms with van der Waals surface area (Å²) in [6.07, 6.45) is 1.61. The lowest BCUT2D eigenvalue weighted by Crippen LogP contribution is -2.55. The van der Waals surface area contributed by atoms with Gasteiger partial charge in [-0.1, -0.05) is 6.92 Å². The Kier molecular flexibility index (Phi) is 6.26. The molecule has 1 aliphatic heterocycles. The van der Waals surface area contributed by atoms with Crippen LogP contribution < -0.4 is 10.6 Å². The van der Waals surface area contributed by atoms with Gasteiger partial charge in [-0.05, 0) is 18.8 Å². The Morgan fingerprint density at radius 1 is 1.24 bits per heavy atom. The van der Waals surface area contributed by atoms with E-state index in [1.165, 1.54) is 9.80 Å². The number of rotatable bonds is 4. The van der Waals surface area contributed by atoms with Crippen LogP contribution in [0.4, 0.5) is 9.59 Å². The molecule has 2 unspecified atom stereocenters. The summed E-state index contributed by atoms with van der Waals surface area (Å²) in [5.74, 6) is -1.03. The average Bonchev–Trinajstić information content (AvgIpc) is 2.42. The van der Waals surface area contributed by atoms with Crippen molar-refractivity contribution in [2.24, 2.45) is 5.92 Å². The van der Waals surface area contributed by atoms with Crippen LogP contribution in [0.3, 0.4) is 0 Å². The zero-order chi connectivity index (χ0) is 16.0. The highest BCUT2D eigenvalue weighted by atomic mass is 16.4. The minimum absolute atomic E-state index is 0.0598. The van der Waals surface area contributed by atoms with Crippen LogP contribution in [0.15, 0.2) is 0 Å². The van der Waals surface area contributed by atoms with Crippen molar-refractivity contribution in [3.05, 3.63) is 0 Å². The topological polar surface area (TPSA) is 102 Å². The summed E-state index contributed by atoms with van der Waals surface area (Å²) in [5, 5.41) is 14.5. The molecule has 0 aromatic rings. The summed E-state index contributed by atoms with van der Waals surface area (Å²) in [4.78, 5) is 37.4. The molecule has 8 heteroatoms. The lowest BCUT2D eigenvalue weighted by Gasteiger charge is -2.37. The fraction of sp³-hybridized carbons (Fsp3) is 0.769. The van der Waals surface area contributed by atoms with E-state index in [9.17, 15) is 19.5 Å². The molecule has 0 aliphatic carbocycles. The number of likely N-dealkylation sites (tertiary alicyclic amines) is 1. The van der Waals surface area contributed by atoms with Gasteiger partial charge in [0, 0.05) is 33.7 Å². The van der Waals surface area contributed by atoms with Crippen LogP contribution in [-0.2, 0) is 4.79 Å². The zero-order valence-electron chi connectivity index (χ0n) is 12.8. The summed E-state index contributed by atoms with van der Waals surface area (Å²) in [5.41, 5.74) is 0. The van der Waals surface area contributed by atoms with E-state index in [1.807, 2.05) is 6.92 Å². The molecular formula is C13H24N4O4. The van der Waals surface area contributed by atoms with Crippen molar-refractivity contribution in [2.45, 2.75) is 25.8 Å². The Hall–Kier alpha value is -1.99. The molecule has 4 amide bonds. The molecule has 0 radical (unpaired) electrons. The third-order valence-electron chi connectivity index (χ3n) is 3.53. The molecule has 0 spiro atoms. The maximum absolute atomic E-state index is 12.1. The number of nitrogens with one attached hydrogen (secondary N) is 2. The molecule has 1 fully saturated rings. The van der Waals surface area contributed by atoms with E-state index in [-0.39, 0.29) is 18.5 Å². The van der Waals surface area contributed by atoms with E-state index < -0.39 is 18.0 Å². The SMILES string of the molecule is CC1CCCN(C(=O)NCCNC(=O)N(C)C)C1C(=O)O. The molecule has 3 N–H and O–H groups in total. The lowest BCUT2D eigenvalue weighted by molar-refractivity contribution is -0.145. The van der Waals surface area contributed by atoms with Crippen molar-refractivity contribution >= 4 is 18.0 Å². The summed E-state index contributed by atoms with van der Waals surface area (Å²) in [7, 11) is 3.25. The lowest BCUT2D eigenvalue weighted by atomic mass is 9.91. The smallest absolute Gasteiger partial charge is 0.326 e. The first-order valence-electron chi connectivity index (χ1n) is 7.07. The van der Waals surface area contributed by atoms with Crippen LogP contribution in [0, 0.1) is 5.92 Å². The van der Waals surface area contributed by atoms with Crippen molar-refractivity contribution in [3.63, 3.8) is 0 Å². The van der Waals surface area contributed by atoms with Crippen molar-refractivity contribution in [1.82, 2.24) is 20.4 Å². The predicted octanol–water partition coefficient (Wildman–Crippen LogP) is 0.152. The van der Waals surface area contributed by atoms with Crippen molar-refractivity contribution < 1.29 is 19.5 Å². The van der Waals surface area contributed by atoms with Crippen molar-refractivity contribution in [2.75, 3.05) is 33.7 Å². The number of hydrogen-bond donors (Lipinski definition) is 3. The number of amides is 4.